The van der Waals surface area contributed by atoms with Crippen molar-refractivity contribution in [3.63, 3.8) is 0 Å². The van der Waals surface area contributed by atoms with Crippen molar-refractivity contribution in [1.29, 1.82) is 0 Å². The molecule has 1 aromatic carbocycles. The van der Waals surface area contributed by atoms with Gasteiger partial charge in [0.05, 0.1) is 4.47 Å². The highest BCUT2D eigenvalue weighted by atomic mass is 79.9. The Morgan fingerprint density at radius 2 is 1.85 bits per heavy atom. The van der Waals surface area contributed by atoms with Crippen LogP contribution in [0.1, 0.15) is 5.56 Å². The van der Waals surface area contributed by atoms with E-state index in [1.807, 2.05) is 31.1 Å². The first-order valence-electron chi connectivity index (χ1n) is 7.92. The monoisotopic (exact) mass is 442 g/mol. The van der Waals surface area contributed by atoms with Gasteiger partial charge in [-0.15, -0.1) is 0 Å². The first-order chi connectivity index (χ1) is 12.3. The van der Waals surface area contributed by atoms with Crippen LogP contribution >= 0.6 is 27.5 Å². The summed E-state index contributed by atoms with van der Waals surface area (Å²) in [7, 11) is 3.85. The number of H-pyrrole nitrogens is 1. The van der Waals surface area contributed by atoms with Crippen LogP contribution < -0.4 is 11.2 Å². The lowest BCUT2D eigenvalue weighted by molar-refractivity contribution is -0.132. The fraction of sp³-hybridized carbons (Fsp3) is 0.353. The number of nitrogens with zero attached hydrogens (tertiary/aromatic N) is 3. The summed E-state index contributed by atoms with van der Waals surface area (Å²) in [5.74, 6) is -0.220. The number of likely N-dealkylation sites (N-methyl/N-ethyl adjacent to an activating group) is 1. The van der Waals surface area contributed by atoms with Crippen LogP contribution in [0, 0.1) is 0 Å². The molecule has 1 aromatic heterocycles. The summed E-state index contributed by atoms with van der Waals surface area (Å²) in [6.07, 6.45) is 1.32. The Morgan fingerprint density at radius 1 is 1.19 bits per heavy atom. The zero-order valence-corrected chi connectivity index (χ0v) is 16.9. The highest BCUT2D eigenvalue weighted by Gasteiger charge is 2.16. The lowest BCUT2D eigenvalue weighted by Gasteiger charge is -2.25. The molecule has 7 nitrogen and oxygen atoms in total. The van der Waals surface area contributed by atoms with Crippen LogP contribution in [-0.4, -0.2) is 52.4 Å². The Bertz CT molecular complexity index is 877. The second-order valence-corrected chi connectivity index (χ2v) is 7.40. The van der Waals surface area contributed by atoms with Gasteiger partial charge in [0.2, 0.25) is 5.91 Å². The highest BCUT2D eigenvalue weighted by Crippen LogP contribution is 2.12. The highest BCUT2D eigenvalue weighted by molar-refractivity contribution is 9.10. The van der Waals surface area contributed by atoms with E-state index in [0.29, 0.717) is 24.7 Å². The van der Waals surface area contributed by atoms with Gasteiger partial charge in [-0.3, -0.25) is 19.1 Å². The van der Waals surface area contributed by atoms with E-state index in [9.17, 15) is 14.4 Å². The smallest absolute Gasteiger partial charge is 0.328 e. The molecule has 0 saturated carbocycles. The first kappa shape index (κ1) is 20.4. The number of aromatic nitrogens is 2. The molecule has 2 aromatic rings. The average molecular weight is 444 g/mol. The topological polar surface area (TPSA) is 78.4 Å². The molecule has 0 radical (unpaired) electrons. The van der Waals surface area contributed by atoms with Crippen LogP contribution in [0.3, 0.4) is 0 Å². The maximum Gasteiger partial charge on any atom is 0.328 e. The number of nitrogens with one attached hydrogen (secondary N) is 1. The predicted octanol–water partition coefficient (Wildman–Crippen LogP) is 1.54. The predicted molar refractivity (Wildman–Crippen MR) is 104 cm³/mol. The van der Waals surface area contributed by atoms with Crippen molar-refractivity contribution in [3.05, 3.63) is 66.4 Å². The maximum absolute atomic E-state index is 12.8. The molecule has 0 unspecified atom stereocenters. The van der Waals surface area contributed by atoms with Crippen molar-refractivity contribution in [3.8, 4) is 0 Å². The molecular formula is C17H20BrClN4O3. The SMILES string of the molecule is CN(C)CCN(Cc1ccc(Cl)cc1)C(=O)Cn1cc(Br)c(=O)[nH]c1=O. The molecule has 0 saturated heterocycles. The number of carbonyl (C=O) groups excluding carboxylic acids is 1. The van der Waals surface area contributed by atoms with E-state index in [-0.39, 0.29) is 16.9 Å². The Balaban J connectivity index is 2.19. The summed E-state index contributed by atoms with van der Waals surface area (Å²) in [6, 6.07) is 7.27. The lowest BCUT2D eigenvalue weighted by atomic mass is 10.2. The number of amides is 1. The number of halogens is 2. The summed E-state index contributed by atoms with van der Waals surface area (Å²) in [5, 5.41) is 0.629. The van der Waals surface area contributed by atoms with Gasteiger partial charge in [0, 0.05) is 30.9 Å². The van der Waals surface area contributed by atoms with Crippen molar-refractivity contribution >= 4 is 33.4 Å². The van der Waals surface area contributed by atoms with Crippen molar-refractivity contribution in [1.82, 2.24) is 19.4 Å². The van der Waals surface area contributed by atoms with Gasteiger partial charge in [0.25, 0.3) is 5.56 Å². The molecule has 0 atom stereocenters. The standard InChI is InChI=1S/C17H20BrClN4O3/c1-21(2)7-8-22(9-12-3-5-13(19)6-4-12)15(24)11-23-10-14(18)16(25)20-17(23)26/h3-6,10H,7-9,11H2,1-2H3,(H,20,25,26). The maximum atomic E-state index is 12.8. The third-order valence-corrected chi connectivity index (χ3v) is 4.55. The van der Waals surface area contributed by atoms with E-state index >= 15 is 0 Å². The summed E-state index contributed by atoms with van der Waals surface area (Å²) in [6.45, 7) is 1.44. The van der Waals surface area contributed by atoms with Crippen LogP contribution in [0.25, 0.3) is 0 Å². The van der Waals surface area contributed by atoms with Gasteiger partial charge < -0.3 is 9.80 Å². The zero-order chi connectivity index (χ0) is 19.3. The van der Waals surface area contributed by atoms with Crippen molar-refractivity contribution in [2.24, 2.45) is 0 Å². The average Bonchev–Trinajstić information content (AvgIpc) is 2.57. The third kappa shape index (κ3) is 5.82. The molecule has 26 heavy (non-hydrogen) atoms. The molecular weight excluding hydrogens is 424 g/mol. The first-order valence-corrected chi connectivity index (χ1v) is 9.09. The van der Waals surface area contributed by atoms with Gasteiger partial charge in [-0.25, -0.2) is 4.79 Å². The van der Waals surface area contributed by atoms with Crippen molar-refractivity contribution < 1.29 is 4.79 Å². The molecule has 0 aliphatic rings. The molecule has 2 rings (SSSR count). The van der Waals surface area contributed by atoms with Gasteiger partial charge in [-0.1, -0.05) is 23.7 Å². The van der Waals surface area contributed by atoms with Crippen LogP contribution in [0.5, 0.6) is 0 Å². The quantitative estimate of drug-likeness (QED) is 0.704. The van der Waals surface area contributed by atoms with E-state index in [2.05, 4.69) is 20.9 Å². The van der Waals surface area contributed by atoms with Crippen molar-refractivity contribution in [2.45, 2.75) is 13.1 Å². The van der Waals surface area contributed by atoms with Crippen LogP contribution in [-0.2, 0) is 17.9 Å². The normalized spacial score (nSPS) is 11.0. The van der Waals surface area contributed by atoms with E-state index in [4.69, 9.17) is 11.6 Å². The van der Waals surface area contributed by atoms with Crippen LogP contribution in [0.4, 0.5) is 0 Å². The minimum Gasteiger partial charge on any atom is -0.336 e. The number of benzene rings is 1. The molecule has 0 bridgehead atoms. The molecule has 0 aliphatic heterocycles. The lowest BCUT2D eigenvalue weighted by Crippen LogP contribution is -2.41. The number of hydrogen-bond acceptors (Lipinski definition) is 4. The third-order valence-electron chi connectivity index (χ3n) is 3.73. The fourth-order valence-corrected chi connectivity index (χ4v) is 2.74. The number of aromatic amines is 1. The number of hydrogen-bond donors (Lipinski definition) is 1. The van der Waals surface area contributed by atoms with E-state index < -0.39 is 11.2 Å². The molecule has 9 heteroatoms. The molecule has 1 heterocycles. The summed E-state index contributed by atoms with van der Waals surface area (Å²) in [5.41, 5.74) is -0.202. The second-order valence-electron chi connectivity index (χ2n) is 6.11. The van der Waals surface area contributed by atoms with Crippen molar-refractivity contribution in [2.75, 3.05) is 27.2 Å². The van der Waals surface area contributed by atoms with E-state index in [0.717, 1.165) is 5.56 Å². The minimum absolute atomic E-state index is 0.158. The summed E-state index contributed by atoms with van der Waals surface area (Å²) >= 11 is 8.98. The largest absolute Gasteiger partial charge is 0.336 e. The molecule has 0 spiro atoms. The summed E-state index contributed by atoms with van der Waals surface area (Å²) < 4.78 is 1.38. The Morgan fingerprint density at radius 3 is 2.46 bits per heavy atom. The summed E-state index contributed by atoms with van der Waals surface area (Å²) in [4.78, 5) is 41.9. The second kappa shape index (κ2) is 9.16. The van der Waals surface area contributed by atoms with Gasteiger partial charge in [-0.05, 0) is 47.7 Å². The van der Waals surface area contributed by atoms with E-state index in [1.54, 1.807) is 17.0 Å². The fourth-order valence-electron chi connectivity index (χ4n) is 2.27. The Hall–Kier alpha value is -1.90. The van der Waals surface area contributed by atoms with Gasteiger partial charge in [0.1, 0.15) is 6.54 Å². The molecule has 0 fully saturated rings. The number of rotatable bonds is 7. The Kier molecular flexibility index (Phi) is 7.19. The Labute approximate surface area is 164 Å². The number of carbonyl (C=O) groups is 1. The van der Waals surface area contributed by atoms with Gasteiger partial charge in [-0.2, -0.15) is 0 Å². The molecule has 140 valence electrons. The molecule has 1 amide bonds. The van der Waals surface area contributed by atoms with Gasteiger partial charge >= 0.3 is 5.69 Å². The van der Waals surface area contributed by atoms with Crippen LogP contribution in [0.15, 0.2) is 44.5 Å². The molecule has 0 aliphatic carbocycles. The minimum atomic E-state index is -0.620. The zero-order valence-electron chi connectivity index (χ0n) is 14.5. The van der Waals surface area contributed by atoms with Gasteiger partial charge in [0.15, 0.2) is 0 Å². The van der Waals surface area contributed by atoms with E-state index in [1.165, 1.54) is 10.8 Å². The molecule has 1 N–H and O–H groups in total. The van der Waals surface area contributed by atoms with Crippen LogP contribution in [0.2, 0.25) is 5.02 Å².